The molecule has 2 N–H and O–H groups in total. The number of hydrogen-bond acceptors (Lipinski definition) is 5. The highest BCUT2D eigenvalue weighted by Gasteiger charge is 2.31. The van der Waals surface area contributed by atoms with E-state index in [0.717, 1.165) is 31.2 Å². The zero-order chi connectivity index (χ0) is 11.5. The second-order valence-electron chi connectivity index (χ2n) is 4.82. The SMILES string of the molecule is CN(C)Cc1noc(C2CCCC2CN)n1. The van der Waals surface area contributed by atoms with Gasteiger partial charge in [0.2, 0.25) is 5.89 Å². The maximum absolute atomic E-state index is 5.75. The smallest absolute Gasteiger partial charge is 0.230 e. The number of hydrogen-bond donors (Lipinski definition) is 1. The van der Waals surface area contributed by atoms with E-state index in [1.54, 1.807) is 0 Å². The fraction of sp³-hybridized carbons (Fsp3) is 0.818. The third-order valence-electron chi connectivity index (χ3n) is 3.22. The van der Waals surface area contributed by atoms with Gasteiger partial charge in [-0.05, 0) is 39.4 Å². The summed E-state index contributed by atoms with van der Waals surface area (Å²) in [5.41, 5.74) is 5.75. The van der Waals surface area contributed by atoms with E-state index in [-0.39, 0.29) is 0 Å². The van der Waals surface area contributed by atoms with Gasteiger partial charge < -0.3 is 15.2 Å². The van der Waals surface area contributed by atoms with Crippen LogP contribution in [0.2, 0.25) is 0 Å². The lowest BCUT2D eigenvalue weighted by molar-refractivity contribution is 0.316. The molecule has 2 rings (SSSR count). The predicted octanol–water partition coefficient (Wildman–Crippen LogP) is 0.974. The van der Waals surface area contributed by atoms with Crippen molar-refractivity contribution in [1.29, 1.82) is 0 Å². The van der Waals surface area contributed by atoms with Crippen molar-refractivity contribution in [2.75, 3.05) is 20.6 Å². The van der Waals surface area contributed by atoms with Crippen molar-refractivity contribution >= 4 is 0 Å². The van der Waals surface area contributed by atoms with Crippen LogP contribution in [0, 0.1) is 5.92 Å². The summed E-state index contributed by atoms with van der Waals surface area (Å²) in [6.45, 7) is 1.44. The quantitative estimate of drug-likeness (QED) is 0.825. The van der Waals surface area contributed by atoms with Gasteiger partial charge in [0, 0.05) is 5.92 Å². The molecule has 0 bridgehead atoms. The summed E-state index contributed by atoms with van der Waals surface area (Å²) in [4.78, 5) is 6.49. The Morgan fingerprint density at radius 1 is 1.44 bits per heavy atom. The molecule has 5 nitrogen and oxygen atoms in total. The molecule has 1 saturated carbocycles. The average Bonchev–Trinajstić information content (AvgIpc) is 2.83. The summed E-state index contributed by atoms with van der Waals surface area (Å²) in [6, 6.07) is 0. The second kappa shape index (κ2) is 4.93. The molecule has 1 aromatic heterocycles. The van der Waals surface area contributed by atoms with Gasteiger partial charge in [0.25, 0.3) is 0 Å². The van der Waals surface area contributed by atoms with Gasteiger partial charge in [0.05, 0.1) is 6.54 Å². The molecule has 1 fully saturated rings. The lowest BCUT2D eigenvalue weighted by Gasteiger charge is -2.12. The van der Waals surface area contributed by atoms with Crippen LogP contribution in [-0.2, 0) is 6.54 Å². The van der Waals surface area contributed by atoms with Crippen molar-refractivity contribution in [2.24, 2.45) is 11.7 Å². The van der Waals surface area contributed by atoms with Crippen molar-refractivity contribution in [3.8, 4) is 0 Å². The molecule has 90 valence electrons. The van der Waals surface area contributed by atoms with Crippen LogP contribution in [0.4, 0.5) is 0 Å². The van der Waals surface area contributed by atoms with Crippen molar-refractivity contribution in [1.82, 2.24) is 15.0 Å². The van der Waals surface area contributed by atoms with Gasteiger partial charge in [0.1, 0.15) is 0 Å². The normalized spacial score (nSPS) is 25.5. The average molecular weight is 224 g/mol. The Morgan fingerprint density at radius 3 is 2.94 bits per heavy atom. The predicted molar refractivity (Wildman–Crippen MR) is 60.8 cm³/mol. The molecule has 0 spiro atoms. The van der Waals surface area contributed by atoms with Crippen molar-refractivity contribution < 1.29 is 4.52 Å². The first-order valence-electron chi connectivity index (χ1n) is 5.88. The van der Waals surface area contributed by atoms with Gasteiger partial charge in [-0.25, -0.2) is 0 Å². The maximum atomic E-state index is 5.75. The number of aromatic nitrogens is 2. The highest BCUT2D eigenvalue weighted by Crippen LogP contribution is 2.38. The van der Waals surface area contributed by atoms with E-state index >= 15 is 0 Å². The van der Waals surface area contributed by atoms with E-state index in [1.165, 1.54) is 12.8 Å². The van der Waals surface area contributed by atoms with E-state index < -0.39 is 0 Å². The first-order valence-corrected chi connectivity index (χ1v) is 5.88. The number of nitrogens with two attached hydrogens (primary N) is 1. The van der Waals surface area contributed by atoms with Gasteiger partial charge in [0.15, 0.2) is 5.82 Å². The summed E-state index contributed by atoms with van der Waals surface area (Å²) in [7, 11) is 3.99. The van der Waals surface area contributed by atoms with Crippen LogP contribution in [0.1, 0.15) is 36.9 Å². The largest absolute Gasteiger partial charge is 0.339 e. The Hall–Kier alpha value is -0.940. The number of nitrogens with zero attached hydrogens (tertiary/aromatic N) is 3. The van der Waals surface area contributed by atoms with Crippen LogP contribution in [-0.4, -0.2) is 35.7 Å². The van der Waals surface area contributed by atoms with E-state index in [0.29, 0.717) is 11.8 Å². The summed E-state index contributed by atoms with van der Waals surface area (Å²) in [6.07, 6.45) is 3.54. The van der Waals surface area contributed by atoms with Crippen LogP contribution in [0.3, 0.4) is 0 Å². The lowest BCUT2D eigenvalue weighted by atomic mass is 9.96. The van der Waals surface area contributed by atoms with Gasteiger partial charge >= 0.3 is 0 Å². The molecule has 1 aliphatic carbocycles. The Bertz CT molecular complexity index is 336. The summed E-state index contributed by atoms with van der Waals surface area (Å²) >= 11 is 0. The van der Waals surface area contributed by atoms with Crippen molar-refractivity contribution in [2.45, 2.75) is 31.7 Å². The van der Waals surface area contributed by atoms with Crippen LogP contribution in [0.5, 0.6) is 0 Å². The van der Waals surface area contributed by atoms with E-state index in [9.17, 15) is 0 Å². The topological polar surface area (TPSA) is 68.2 Å². The fourth-order valence-electron chi connectivity index (χ4n) is 2.41. The molecule has 5 heteroatoms. The first kappa shape index (κ1) is 11.5. The van der Waals surface area contributed by atoms with E-state index in [1.807, 2.05) is 19.0 Å². The monoisotopic (exact) mass is 224 g/mol. The highest BCUT2D eigenvalue weighted by molar-refractivity contribution is 5.00. The minimum Gasteiger partial charge on any atom is -0.339 e. The Kier molecular flexibility index (Phi) is 3.56. The molecule has 1 aliphatic rings. The maximum Gasteiger partial charge on any atom is 0.230 e. The van der Waals surface area contributed by atoms with Crippen LogP contribution in [0.15, 0.2) is 4.52 Å². The molecule has 1 aromatic rings. The molecule has 1 heterocycles. The minimum atomic E-state index is 0.383. The molecule has 2 unspecified atom stereocenters. The Labute approximate surface area is 96.0 Å². The third kappa shape index (κ3) is 2.41. The highest BCUT2D eigenvalue weighted by atomic mass is 16.5. The molecule has 16 heavy (non-hydrogen) atoms. The molecule has 0 saturated heterocycles. The zero-order valence-electron chi connectivity index (χ0n) is 10.0. The van der Waals surface area contributed by atoms with Crippen molar-refractivity contribution in [3.63, 3.8) is 0 Å². The fourth-order valence-corrected chi connectivity index (χ4v) is 2.41. The molecule has 0 aromatic carbocycles. The van der Waals surface area contributed by atoms with Gasteiger partial charge in [-0.15, -0.1) is 0 Å². The molecule has 0 radical (unpaired) electrons. The van der Waals surface area contributed by atoms with Crippen LogP contribution in [0.25, 0.3) is 0 Å². The lowest BCUT2D eigenvalue weighted by Crippen LogP contribution is -2.17. The third-order valence-corrected chi connectivity index (χ3v) is 3.22. The molecule has 0 amide bonds. The zero-order valence-corrected chi connectivity index (χ0v) is 10.0. The van der Waals surface area contributed by atoms with Gasteiger partial charge in [-0.3, -0.25) is 0 Å². The molecule has 0 aliphatic heterocycles. The summed E-state index contributed by atoms with van der Waals surface area (Å²) in [5, 5.41) is 4.00. The molecule has 2 atom stereocenters. The van der Waals surface area contributed by atoms with Crippen LogP contribution >= 0.6 is 0 Å². The van der Waals surface area contributed by atoms with Gasteiger partial charge in [-0.2, -0.15) is 4.98 Å². The summed E-state index contributed by atoms with van der Waals surface area (Å²) in [5.74, 6) is 2.45. The minimum absolute atomic E-state index is 0.383. The summed E-state index contributed by atoms with van der Waals surface area (Å²) < 4.78 is 5.34. The Morgan fingerprint density at radius 2 is 2.25 bits per heavy atom. The van der Waals surface area contributed by atoms with Crippen LogP contribution < -0.4 is 5.73 Å². The van der Waals surface area contributed by atoms with E-state index in [4.69, 9.17) is 10.3 Å². The van der Waals surface area contributed by atoms with E-state index in [2.05, 4.69) is 10.1 Å². The van der Waals surface area contributed by atoms with Crippen molar-refractivity contribution in [3.05, 3.63) is 11.7 Å². The Balaban J connectivity index is 2.06. The first-order chi connectivity index (χ1) is 7.70. The molecular weight excluding hydrogens is 204 g/mol. The molecular formula is C11H20N4O. The standard InChI is InChI=1S/C11H20N4O/c1-15(2)7-10-13-11(16-14-10)9-5-3-4-8(9)6-12/h8-9H,3-7,12H2,1-2H3. The second-order valence-corrected chi connectivity index (χ2v) is 4.82. The number of rotatable bonds is 4. The van der Waals surface area contributed by atoms with Gasteiger partial charge in [-0.1, -0.05) is 11.6 Å².